The Balaban J connectivity index is 2.11. The molecule has 1 aromatic carbocycles. The van der Waals surface area contributed by atoms with E-state index < -0.39 is 11.4 Å². The van der Waals surface area contributed by atoms with Crippen LogP contribution in [0.15, 0.2) is 24.4 Å². The molecule has 0 amide bonds. The monoisotopic (exact) mass is 261 g/mol. The van der Waals surface area contributed by atoms with Gasteiger partial charge in [-0.3, -0.25) is 4.79 Å². The van der Waals surface area contributed by atoms with E-state index in [4.69, 9.17) is 0 Å². The van der Waals surface area contributed by atoms with Crippen LogP contribution in [0.5, 0.6) is 0 Å². The minimum atomic E-state index is -0.676. The molecule has 0 aliphatic heterocycles. The van der Waals surface area contributed by atoms with Crippen LogP contribution >= 0.6 is 11.5 Å². The predicted octanol–water partition coefficient (Wildman–Crippen LogP) is 3.58. The zero-order chi connectivity index (χ0) is 12.6. The third kappa shape index (κ3) is 1.72. The van der Waals surface area contributed by atoms with Gasteiger partial charge in [0.05, 0.1) is 10.1 Å². The summed E-state index contributed by atoms with van der Waals surface area (Å²) in [6.07, 6.45) is 6.49. The van der Waals surface area contributed by atoms with Crippen LogP contribution in [0.3, 0.4) is 0 Å². The molecule has 0 spiro atoms. The molecule has 0 atom stereocenters. The summed E-state index contributed by atoms with van der Waals surface area (Å²) < 4.78 is 5.27. The summed E-state index contributed by atoms with van der Waals surface area (Å²) in [5.41, 5.74) is 0.274. The van der Waals surface area contributed by atoms with Crippen molar-refractivity contribution in [3.05, 3.63) is 30.0 Å². The number of aromatic nitrogens is 1. The van der Waals surface area contributed by atoms with Crippen molar-refractivity contribution >= 4 is 27.6 Å². The van der Waals surface area contributed by atoms with E-state index in [9.17, 15) is 9.90 Å². The van der Waals surface area contributed by atoms with Gasteiger partial charge in [0, 0.05) is 11.6 Å². The number of fused-ring (bicyclic) bond motifs is 1. The number of carboxylic acid groups (broad SMARTS) is 1. The molecule has 1 fully saturated rings. The van der Waals surface area contributed by atoms with Gasteiger partial charge in [0.25, 0.3) is 0 Å². The lowest BCUT2D eigenvalue weighted by Crippen LogP contribution is -2.37. The van der Waals surface area contributed by atoms with Gasteiger partial charge in [-0.15, -0.1) is 0 Å². The van der Waals surface area contributed by atoms with Crippen LogP contribution in [-0.2, 0) is 10.2 Å². The van der Waals surface area contributed by atoms with E-state index in [1.54, 1.807) is 0 Å². The Morgan fingerprint density at radius 1 is 1.28 bits per heavy atom. The molecule has 1 aliphatic rings. The number of rotatable bonds is 2. The molecule has 1 N–H and O–H groups in total. The van der Waals surface area contributed by atoms with Gasteiger partial charge in [-0.25, -0.2) is 0 Å². The number of carboxylic acids is 1. The Morgan fingerprint density at radius 2 is 2.06 bits per heavy atom. The quantitative estimate of drug-likeness (QED) is 0.898. The van der Waals surface area contributed by atoms with Crippen LogP contribution in [0.1, 0.15) is 37.7 Å². The lowest BCUT2D eigenvalue weighted by Gasteiger charge is -2.33. The predicted molar refractivity (Wildman–Crippen MR) is 72.0 cm³/mol. The normalized spacial score (nSPS) is 18.9. The molecule has 4 heteroatoms. The average Bonchev–Trinajstić information content (AvgIpc) is 2.86. The number of aliphatic carboxylic acids is 1. The fourth-order valence-electron chi connectivity index (χ4n) is 2.95. The summed E-state index contributed by atoms with van der Waals surface area (Å²) >= 11 is 1.45. The lowest BCUT2D eigenvalue weighted by atomic mass is 9.69. The Kier molecular flexibility index (Phi) is 2.82. The summed E-state index contributed by atoms with van der Waals surface area (Å²) in [7, 11) is 0. The molecule has 1 aromatic heterocycles. The first-order chi connectivity index (χ1) is 8.72. The Hall–Kier alpha value is -1.42. The van der Waals surface area contributed by atoms with Crippen molar-refractivity contribution in [3.8, 4) is 0 Å². The highest BCUT2D eigenvalue weighted by atomic mass is 32.1. The first-order valence-corrected chi connectivity index (χ1v) is 7.08. The second kappa shape index (κ2) is 4.35. The smallest absolute Gasteiger partial charge is 0.314 e. The second-order valence-electron chi connectivity index (χ2n) is 5.03. The van der Waals surface area contributed by atoms with Gasteiger partial charge < -0.3 is 5.11 Å². The van der Waals surface area contributed by atoms with Crippen LogP contribution in [0.25, 0.3) is 10.1 Å². The minimum absolute atomic E-state index is 0.672. The highest BCUT2D eigenvalue weighted by Gasteiger charge is 2.41. The van der Waals surface area contributed by atoms with E-state index in [0.29, 0.717) is 0 Å². The SMILES string of the molecule is O=C(O)C1(c2ccc3sncc3c2)CCCCC1. The van der Waals surface area contributed by atoms with E-state index in [1.807, 2.05) is 24.4 Å². The number of nitrogens with zero attached hydrogens (tertiary/aromatic N) is 1. The first-order valence-electron chi connectivity index (χ1n) is 6.31. The molecule has 0 saturated heterocycles. The fourth-order valence-corrected chi connectivity index (χ4v) is 3.58. The van der Waals surface area contributed by atoms with Crippen molar-refractivity contribution in [1.29, 1.82) is 0 Å². The molecular weight excluding hydrogens is 246 g/mol. The van der Waals surface area contributed by atoms with E-state index >= 15 is 0 Å². The molecule has 0 radical (unpaired) electrons. The number of carbonyl (C=O) groups is 1. The summed E-state index contributed by atoms with van der Waals surface area (Å²) in [6, 6.07) is 5.99. The molecule has 3 rings (SSSR count). The van der Waals surface area contributed by atoms with Crippen LogP contribution in [0.2, 0.25) is 0 Å². The topological polar surface area (TPSA) is 50.2 Å². The molecular formula is C14H15NO2S. The van der Waals surface area contributed by atoms with Gasteiger partial charge in [-0.05, 0) is 42.1 Å². The molecule has 1 saturated carbocycles. The Labute approximate surface area is 110 Å². The van der Waals surface area contributed by atoms with E-state index in [1.165, 1.54) is 11.5 Å². The van der Waals surface area contributed by atoms with Crippen molar-refractivity contribution in [1.82, 2.24) is 4.37 Å². The summed E-state index contributed by atoms with van der Waals surface area (Å²) in [5, 5.41) is 10.7. The van der Waals surface area contributed by atoms with Crippen LogP contribution in [0, 0.1) is 0 Å². The minimum Gasteiger partial charge on any atom is -0.481 e. The maximum Gasteiger partial charge on any atom is 0.314 e. The van der Waals surface area contributed by atoms with Crippen LogP contribution < -0.4 is 0 Å². The molecule has 3 nitrogen and oxygen atoms in total. The molecule has 2 aromatic rings. The Morgan fingerprint density at radius 3 is 2.78 bits per heavy atom. The van der Waals surface area contributed by atoms with Crippen LogP contribution in [0.4, 0.5) is 0 Å². The van der Waals surface area contributed by atoms with Crippen molar-refractivity contribution < 1.29 is 9.90 Å². The second-order valence-corrected chi connectivity index (χ2v) is 5.86. The van der Waals surface area contributed by atoms with Gasteiger partial charge in [-0.1, -0.05) is 25.3 Å². The third-order valence-corrected chi connectivity index (χ3v) is 4.80. The van der Waals surface area contributed by atoms with Gasteiger partial charge in [0.15, 0.2) is 0 Å². The zero-order valence-corrected chi connectivity index (χ0v) is 10.9. The zero-order valence-electron chi connectivity index (χ0n) is 10.1. The van der Waals surface area contributed by atoms with Crippen molar-refractivity contribution in [2.45, 2.75) is 37.5 Å². The number of hydrogen-bond acceptors (Lipinski definition) is 3. The van der Waals surface area contributed by atoms with E-state index in [0.717, 1.165) is 47.8 Å². The van der Waals surface area contributed by atoms with Gasteiger partial charge in [-0.2, -0.15) is 4.37 Å². The molecule has 1 aliphatic carbocycles. The van der Waals surface area contributed by atoms with Gasteiger partial charge in [0.1, 0.15) is 0 Å². The highest BCUT2D eigenvalue weighted by molar-refractivity contribution is 7.13. The fraction of sp³-hybridized carbons (Fsp3) is 0.429. The standard InChI is InChI=1S/C14H15NO2S/c16-13(17)14(6-2-1-3-7-14)11-4-5-12-10(8-11)9-15-18-12/h4-5,8-9H,1-3,6-7H2,(H,16,17). The molecule has 18 heavy (non-hydrogen) atoms. The van der Waals surface area contributed by atoms with E-state index in [-0.39, 0.29) is 0 Å². The van der Waals surface area contributed by atoms with Crippen molar-refractivity contribution in [2.75, 3.05) is 0 Å². The number of benzene rings is 1. The first kappa shape index (κ1) is 11.7. The summed E-state index contributed by atoms with van der Waals surface area (Å²) in [4.78, 5) is 11.7. The maximum absolute atomic E-state index is 11.7. The summed E-state index contributed by atoms with van der Waals surface area (Å²) in [5.74, 6) is -0.676. The van der Waals surface area contributed by atoms with Gasteiger partial charge >= 0.3 is 5.97 Å². The van der Waals surface area contributed by atoms with Gasteiger partial charge in [0.2, 0.25) is 0 Å². The van der Waals surface area contributed by atoms with E-state index in [2.05, 4.69) is 4.37 Å². The largest absolute Gasteiger partial charge is 0.481 e. The molecule has 0 bridgehead atoms. The summed E-state index contributed by atoms with van der Waals surface area (Å²) in [6.45, 7) is 0. The molecule has 94 valence electrons. The molecule has 0 unspecified atom stereocenters. The lowest BCUT2D eigenvalue weighted by molar-refractivity contribution is -0.145. The van der Waals surface area contributed by atoms with Crippen LogP contribution in [-0.4, -0.2) is 15.4 Å². The van der Waals surface area contributed by atoms with Crippen molar-refractivity contribution in [2.24, 2.45) is 0 Å². The average molecular weight is 261 g/mol. The highest BCUT2D eigenvalue weighted by Crippen LogP contribution is 2.40. The number of hydrogen-bond donors (Lipinski definition) is 1. The third-order valence-electron chi connectivity index (χ3n) is 4.02. The molecule has 1 heterocycles. The van der Waals surface area contributed by atoms with Crippen molar-refractivity contribution in [3.63, 3.8) is 0 Å². The maximum atomic E-state index is 11.7. The Bertz CT molecular complexity index is 584.